The van der Waals surface area contributed by atoms with Gasteiger partial charge in [0.2, 0.25) is 0 Å². The molecular formula is C8H15N. The van der Waals surface area contributed by atoms with E-state index in [4.69, 9.17) is 5.73 Å². The van der Waals surface area contributed by atoms with Crippen molar-refractivity contribution in [1.82, 2.24) is 0 Å². The predicted molar refractivity (Wildman–Crippen MR) is 38.0 cm³/mol. The number of fused-ring (bicyclic) bond motifs is 1. The highest BCUT2D eigenvalue weighted by atomic mass is 14.7. The largest absolute Gasteiger partial charge is 0.327 e. The van der Waals surface area contributed by atoms with Gasteiger partial charge >= 0.3 is 0 Å². The molecule has 2 aliphatic carbocycles. The van der Waals surface area contributed by atoms with Gasteiger partial charge < -0.3 is 5.73 Å². The number of hydrogen-bond donors (Lipinski definition) is 1. The molecule has 0 aromatic heterocycles. The number of hydrogen-bond acceptors (Lipinski definition) is 1. The van der Waals surface area contributed by atoms with Crippen LogP contribution in [0.25, 0.3) is 0 Å². The third kappa shape index (κ3) is 0.644. The quantitative estimate of drug-likeness (QED) is 0.520. The average Bonchev–Trinajstić information content (AvgIpc) is 2.04. The average molecular weight is 125 g/mol. The number of nitrogens with two attached hydrogens (primary N) is 1. The zero-order valence-corrected chi connectivity index (χ0v) is 6.01. The lowest BCUT2D eigenvalue weighted by Gasteiger charge is -2.40. The van der Waals surface area contributed by atoms with Crippen LogP contribution in [-0.2, 0) is 0 Å². The van der Waals surface area contributed by atoms with Crippen LogP contribution < -0.4 is 5.73 Å². The third-order valence-corrected chi connectivity index (χ3v) is 3.24. The molecule has 0 aromatic rings. The van der Waals surface area contributed by atoms with Crippen molar-refractivity contribution in [3.05, 3.63) is 0 Å². The van der Waals surface area contributed by atoms with Gasteiger partial charge in [0.25, 0.3) is 0 Å². The second-order valence-corrected chi connectivity index (χ2v) is 3.79. The van der Waals surface area contributed by atoms with Crippen LogP contribution in [0.3, 0.4) is 0 Å². The second kappa shape index (κ2) is 1.72. The molecular weight excluding hydrogens is 110 g/mol. The normalized spacial score (nSPS) is 56.7. The Kier molecular flexibility index (Phi) is 1.10. The zero-order valence-electron chi connectivity index (χ0n) is 6.01. The van der Waals surface area contributed by atoms with E-state index in [0.717, 1.165) is 17.8 Å². The molecule has 2 rings (SSSR count). The van der Waals surface area contributed by atoms with Crippen molar-refractivity contribution in [2.24, 2.45) is 23.5 Å². The van der Waals surface area contributed by atoms with E-state index in [1.807, 2.05) is 0 Å². The predicted octanol–water partition coefficient (Wildman–Crippen LogP) is 1.38. The molecule has 0 amide bonds. The minimum Gasteiger partial charge on any atom is -0.327 e. The Hall–Kier alpha value is -0.0400. The molecule has 4 atom stereocenters. The molecule has 0 radical (unpaired) electrons. The highest BCUT2D eigenvalue weighted by molar-refractivity contribution is 4.98. The van der Waals surface area contributed by atoms with E-state index in [1.54, 1.807) is 0 Å². The fourth-order valence-corrected chi connectivity index (χ4v) is 2.74. The van der Waals surface area contributed by atoms with Crippen molar-refractivity contribution in [2.45, 2.75) is 32.2 Å². The Bertz CT molecular complexity index is 113. The van der Waals surface area contributed by atoms with E-state index < -0.39 is 0 Å². The van der Waals surface area contributed by atoms with Crippen LogP contribution in [0.1, 0.15) is 26.2 Å². The first kappa shape index (κ1) is 5.72. The van der Waals surface area contributed by atoms with Crippen molar-refractivity contribution < 1.29 is 0 Å². The lowest BCUT2D eigenvalue weighted by Crippen LogP contribution is -2.40. The van der Waals surface area contributed by atoms with Crippen LogP contribution >= 0.6 is 0 Å². The summed E-state index contributed by atoms with van der Waals surface area (Å²) < 4.78 is 0. The summed E-state index contributed by atoms with van der Waals surface area (Å²) in [6.45, 7) is 2.34. The summed E-state index contributed by atoms with van der Waals surface area (Å²) in [5.74, 6) is 2.87. The minimum atomic E-state index is 0.554. The SMILES string of the molecule is CC1CC2CCC(N)[C@@H]12. The van der Waals surface area contributed by atoms with Crippen LogP contribution in [0.4, 0.5) is 0 Å². The standard InChI is InChI=1S/C8H15N/c1-5-4-6-2-3-7(9)8(5)6/h5-8H,2-4,9H2,1H3/t5?,6?,7?,8-/m0/s1. The van der Waals surface area contributed by atoms with Crippen LogP contribution in [0.15, 0.2) is 0 Å². The topological polar surface area (TPSA) is 26.0 Å². The molecule has 9 heavy (non-hydrogen) atoms. The molecule has 2 fully saturated rings. The second-order valence-electron chi connectivity index (χ2n) is 3.79. The summed E-state index contributed by atoms with van der Waals surface area (Å²) in [5.41, 5.74) is 5.91. The lowest BCUT2D eigenvalue weighted by molar-refractivity contribution is 0.108. The van der Waals surface area contributed by atoms with Gasteiger partial charge in [0.05, 0.1) is 0 Å². The monoisotopic (exact) mass is 125 g/mol. The Balaban J connectivity index is 2.06. The van der Waals surface area contributed by atoms with Gasteiger partial charge in [-0.25, -0.2) is 0 Å². The first-order valence-electron chi connectivity index (χ1n) is 4.04. The summed E-state index contributed by atoms with van der Waals surface area (Å²) >= 11 is 0. The van der Waals surface area contributed by atoms with Gasteiger partial charge in [0.15, 0.2) is 0 Å². The van der Waals surface area contributed by atoms with Crippen LogP contribution in [0, 0.1) is 17.8 Å². The van der Waals surface area contributed by atoms with Gasteiger partial charge in [0, 0.05) is 6.04 Å². The molecule has 1 nitrogen and oxygen atoms in total. The van der Waals surface area contributed by atoms with E-state index >= 15 is 0 Å². The maximum Gasteiger partial charge on any atom is 0.00724 e. The van der Waals surface area contributed by atoms with Gasteiger partial charge in [-0.3, -0.25) is 0 Å². The van der Waals surface area contributed by atoms with Gasteiger partial charge in [-0.2, -0.15) is 0 Å². The summed E-state index contributed by atoms with van der Waals surface area (Å²) in [5, 5.41) is 0. The lowest BCUT2D eigenvalue weighted by atomic mass is 9.67. The van der Waals surface area contributed by atoms with Gasteiger partial charge in [-0.05, 0) is 37.0 Å². The first-order chi connectivity index (χ1) is 4.29. The molecule has 52 valence electrons. The van der Waals surface area contributed by atoms with Crippen molar-refractivity contribution in [2.75, 3.05) is 0 Å². The van der Waals surface area contributed by atoms with Crippen LogP contribution in [0.2, 0.25) is 0 Å². The molecule has 2 aliphatic rings. The molecule has 0 saturated heterocycles. The van der Waals surface area contributed by atoms with Crippen LogP contribution in [0.5, 0.6) is 0 Å². The summed E-state index contributed by atoms with van der Waals surface area (Å²) in [6.07, 6.45) is 4.16. The summed E-state index contributed by atoms with van der Waals surface area (Å²) in [6, 6.07) is 0.554. The maximum atomic E-state index is 5.91. The zero-order chi connectivity index (χ0) is 6.43. The molecule has 2 N–H and O–H groups in total. The van der Waals surface area contributed by atoms with Crippen molar-refractivity contribution in [1.29, 1.82) is 0 Å². The van der Waals surface area contributed by atoms with E-state index in [1.165, 1.54) is 19.3 Å². The Morgan fingerprint density at radius 3 is 2.56 bits per heavy atom. The Morgan fingerprint density at radius 1 is 1.33 bits per heavy atom. The molecule has 0 heterocycles. The van der Waals surface area contributed by atoms with Crippen LogP contribution in [-0.4, -0.2) is 6.04 Å². The van der Waals surface area contributed by atoms with Gasteiger partial charge in [0.1, 0.15) is 0 Å². The van der Waals surface area contributed by atoms with Gasteiger partial charge in [-0.15, -0.1) is 0 Å². The molecule has 0 bridgehead atoms. The third-order valence-electron chi connectivity index (χ3n) is 3.24. The van der Waals surface area contributed by atoms with Crippen molar-refractivity contribution in [3.63, 3.8) is 0 Å². The highest BCUT2D eigenvalue weighted by Gasteiger charge is 2.45. The first-order valence-corrected chi connectivity index (χ1v) is 4.04. The number of rotatable bonds is 0. The van der Waals surface area contributed by atoms with E-state index in [0.29, 0.717) is 6.04 Å². The maximum absolute atomic E-state index is 5.91. The van der Waals surface area contributed by atoms with E-state index in [2.05, 4.69) is 6.92 Å². The molecule has 2 saturated carbocycles. The fourth-order valence-electron chi connectivity index (χ4n) is 2.74. The minimum absolute atomic E-state index is 0.554. The Morgan fingerprint density at radius 2 is 2.11 bits per heavy atom. The van der Waals surface area contributed by atoms with Crippen molar-refractivity contribution in [3.8, 4) is 0 Å². The molecule has 1 heteroatoms. The molecule has 0 aliphatic heterocycles. The molecule has 0 spiro atoms. The fraction of sp³-hybridized carbons (Fsp3) is 1.00. The van der Waals surface area contributed by atoms with E-state index in [-0.39, 0.29) is 0 Å². The van der Waals surface area contributed by atoms with Gasteiger partial charge in [-0.1, -0.05) is 6.92 Å². The van der Waals surface area contributed by atoms with Crippen molar-refractivity contribution >= 4 is 0 Å². The highest BCUT2D eigenvalue weighted by Crippen LogP contribution is 2.49. The molecule has 0 aromatic carbocycles. The smallest absolute Gasteiger partial charge is 0.00724 e. The summed E-state index contributed by atoms with van der Waals surface area (Å²) in [4.78, 5) is 0. The Labute approximate surface area is 56.6 Å². The molecule has 3 unspecified atom stereocenters. The summed E-state index contributed by atoms with van der Waals surface area (Å²) in [7, 11) is 0. The van der Waals surface area contributed by atoms with E-state index in [9.17, 15) is 0 Å².